The van der Waals surface area contributed by atoms with Crippen LogP contribution in [0.2, 0.25) is 0 Å². The number of H-pyrrole nitrogens is 1. The lowest BCUT2D eigenvalue weighted by atomic mass is 9.99. The SMILES string of the molecule is CC[C@@H](C)n1c(=O)[nH]c2cc(-c3cc(C(=O)NC4CC4)ccc3C)cnc21. The smallest absolute Gasteiger partial charge is 0.327 e. The number of amides is 1. The van der Waals surface area contributed by atoms with Gasteiger partial charge in [-0.15, -0.1) is 0 Å². The summed E-state index contributed by atoms with van der Waals surface area (Å²) in [5.74, 6) is -0.0379. The molecule has 0 aliphatic heterocycles. The van der Waals surface area contributed by atoms with E-state index in [-0.39, 0.29) is 17.6 Å². The predicted molar refractivity (Wildman–Crippen MR) is 106 cm³/mol. The third-order valence-electron chi connectivity index (χ3n) is 5.31. The number of hydrogen-bond acceptors (Lipinski definition) is 3. The van der Waals surface area contributed by atoms with Crippen molar-refractivity contribution in [1.82, 2.24) is 19.9 Å². The highest BCUT2D eigenvalue weighted by atomic mass is 16.2. The van der Waals surface area contributed by atoms with E-state index >= 15 is 0 Å². The first-order valence-electron chi connectivity index (χ1n) is 9.50. The van der Waals surface area contributed by atoms with Gasteiger partial charge in [0.2, 0.25) is 0 Å². The Morgan fingerprint density at radius 3 is 2.85 bits per heavy atom. The predicted octanol–water partition coefficient (Wildman–Crippen LogP) is 3.56. The van der Waals surface area contributed by atoms with Gasteiger partial charge >= 0.3 is 5.69 Å². The van der Waals surface area contributed by atoms with E-state index in [1.165, 1.54) is 0 Å². The molecule has 0 radical (unpaired) electrons. The van der Waals surface area contributed by atoms with Gasteiger partial charge in [-0.05, 0) is 62.4 Å². The maximum absolute atomic E-state index is 12.4. The highest BCUT2D eigenvalue weighted by molar-refractivity contribution is 5.96. The van der Waals surface area contributed by atoms with Crippen molar-refractivity contribution in [3.63, 3.8) is 0 Å². The van der Waals surface area contributed by atoms with Crippen LogP contribution in [0.1, 0.15) is 55.1 Å². The van der Waals surface area contributed by atoms with Crippen LogP contribution < -0.4 is 11.0 Å². The minimum absolute atomic E-state index is 0.0379. The summed E-state index contributed by atoms with van der Waals surface area (Å²) in [5, 5.41) is 3.02. The number of benzene rings is 1. The summed E-state index contributed by atoms with van der Waals surface area (Å²) in [4.78, 5) is 32.2. The Bertz CT molecular complexity index is 1080. The number of rotatable bonds is 5. The van der Waals surface area contributed by atoms with Crippen LogP contribution in [0.25, 0.3) is 22.3 Å². The van der Waals surface area contributed by atoms with Crippen molar-refractivity contribution >= 4 is 17.1 Å². The summed E-state index contributed by atoms with van der Waals surface area (Å²) >= 11 is 0. The molecule has 6 nitrogen and oxygen atoms in total. The van der Waals surface area contributed by atoms with Gasteiger partial charge in [-0.2, -0.15) is 0 Å². The fourth-order valence-electron chi connectivity index (χ4n) is 3.32. The standard InChI is InChI=1S/C21H24N4O2/c1-4-13(3)25-19-18(24-21(25)27)10-15(11-22-19)17-9-14(6-5-12(17)2)20(26)23-16-7-8-16/h5-6,9-11,13,16H,4,7-8H2,1-3H3,(H,23,26)(H,24,27)/t13-/m1/s1. The van der Waals surface area contributed by atoms with Crippen LogP contribution >= 0.6 is 0 Å². The maximum atomic E-state index is 12.4. The van der Waals surface area contributed by atoms with E-state index in [0.29, 0.717) is 22.8 Å². The number of imidazole rings is 1. The van der Waals surface area contributed by atoms with Crippen LogP contribution in [-0.4, -0.2) is 26.5 Å². The molecule has 27 heavy (non-hydrogen) atoms. The molecule has 0 saturated heterocycles. The lowest BCUT2D eigenvalue weighted by Gasteiger charge is -2.11. The van der Waals surface area contributed by atoms with Crippen molar-refractivity contribution in [3.8, 4) is 11.1 Å². The lowest BCUT2D eigenvalue weighted by Crippen LogP contribution is -2.25. The second-order valence-electron chi connectivity index (χ2n) is 7.43. The summed E-state index contributed by atoms with van der Waals surface area (Å²) in [7, 11) is 0. The molecular weight excluding hydrogens is 340 g/mol. The number of carbonyl (C=O) groups is 1. The molecule has 0 unspecified atom stereocenters. The average molecular weight is 364 g/mol. The minimum atomic E-state index is -0.140. The third-order valence-corrected chi connectivity index (χ3v) is 5.31. The number of pyridine rings is 1. The summed E-state index contributed by atoms with van der Waals surface area (Å²) in [6.45, 7) is 6.07. The Morgan fingerprint density at radius 2 is 2.15 bits per heavy atom. The quantitative estimate of drug-likeness (QED) is 0.726. The molecule has 1 saturated carbocycles. The molecule has 0 spiro atoms. The van der Waals surface area contributed by atoms with Crippen LogP contribution in [0.3, 0.4) is 0 Å². The summed E-state index contributed by atoms with van der Waals surface area (Å²) in [5.41, 5.74) is 4.78. The normalized spacial score (nSPS) is 15.1. The molecule has 0 bridgehead atoms. The van der Waals surface area contributed by atoms with E-state index in [0.717, 1.165) is 36.0 Å². The highest BCUT2D eigenvalue weighted by Crippen LogP contribution is 2.27. The molecule has 1 aromatic carbocycles. The zero-order valence-electron chi connectivity index (χ0n) is 15.9. The molecule has 2 heterocycles. The van der Waals surface area contributed by atoms with Crippen LogP contribution in [0, 0.1) is 6.92 Å². The number of carbonyl (C=O) groups excluding carboxylic acids is 1. The molecule has 1 fully saturated rings. The third kappa shape index (κ3) is 3.27. The number of hydrogen-bond donors (Lipinski definition) is 2. The second-order valence-corrected chi connectivity index (χ2v) is 7.43. The van der Waals surface area contributed by atoms with Crippen molar-refractivity contribution < 1.29 is 4.79 Å². The lowest BCUT2D eigenvalue weighted by molar-refractivity contribution is 0.0951. The molecule has 140 valence electrons. The fraction of sp³-hybridized carbons (Fsp3) is 0.381. The number of nitrogens with one attached hydrogen (secondary N) is 2. The van der Waals surface area contributed by atoms with Crippen molar-refractivity contribution in [2.45, 2.75) is 52.1 Å². The Labute approximate surface area is 157 Å². The van der Waals surface area contributed by atoms with Gasteiger partial charge in [-0.25, -0.2) is 9.78 Å². The largest absolute Gasteiger partial charge is 0.349 e. The van der Waals surface area contributed by atoms with Crippen LogP contribution in [0.4, 0.5) is 0 Å². The van der Waals surface area contributed by atoms with E-state index in [2.05, 4.69) is 15.3 Å². The molecule has 3 aromatic rings. The van der Waals surface area contributed by atoms with Gasteiger partial charge in [0.25, 0.3) is 5.91 Å². The number of aromatic amines is 1. The zero-order chi connectivity index (χ0) is 19.1. The molecule has 1 aliphatic rings. The Morgan fingerprint density at radius 1 is 1.37 bits per heavy atom. The van der Waals surface area contributed by atoms with Crippen molar-refractivity contribution in [3.05, 3.63) is 52.1 Å². The number of nitrogens with zero attached hydrogens (tertiary/aromatic N) is 2. The molecule has 2 aromatic heterocycles. The van der Waals surface area contributed by atoms with Gasteiger partial charge in [0.1, 0.15) is 0 Å². The Kier molecular flexibility index (Phi) is 4.34. The van der Waals surface area contributed by atoms with Gasteiger partial charge in [0, 0.05) is 29.4 Å². The summed E-state index contributed by atoms with van der Waals surface area (Å²) in [6, 6.07) is 8.05. The van der Waals surface area contributed by atoms with Gasteiger partial charge in [0.05, 0.1) is 5.52 Å². The fourth-order valence-corrected chi connectivity index (χ4v) is 3.32. The van der Waals surface area contributed by atoms with Gasteiger partial charge in [0.15, 0.2) is 5.65 Å². The van der Waals surface area contributed by atoms with E-state index in [1.807, 2.05) is 45.0 Å². The van der Waals surface area contributed by atoms with Crippen molar-refractivity contribution in [2.24, 2.45) is 0 Å². The summed E-state index contributed by atoms with van der Waals surface area (Å²) in [6.07, 6.45) is 4.75. The minimum Gasteiger partial charge on any atom is -0.349 e. The van der Waals surface area contributed by atoms with Crippen LogP contribution in [0.15, 0.2) is 35.3 Å². The number of aromatic nitrogens is 3. The second kappa shape index (κ2) is 6.68. The van der Waals surface area contributed by atoms with E-state index < -0.39 is 0 Å². The first-order chi connectivity index (χ1) is 13.0. The van der Waals surface area contributed by atoms with Crippen LogP contribution in [-0.2, 0) is 0 Å². The molecule has 2 N–H and O–H groups in total. The summed E-state index contributed by atoms with van der Waals surface area (Å²) < 4.78 is 1.70. The van der Waals surface area contributed by atoms with Gasteiger partial charge in [-0.1, -0.05) is 13.0 Å². The first-order valence-corrected chi connectivity index (χ1v) is 9.50. The molecule has 1 aliphatic carbocycles. The van der Waals surface area contributed by atoms with E-state index in [9.17, 15) is 9.59 Å². The molecule has 4 rings (SSSR count). The highest BCUT2D eigenvalue weighted by Gasteiger charge is 2.24. The average Bonchev–Trinajstić information content (AvgIpc) is 3.40. The number of aryl methyl sites for hydroxylation is 1. The van der Waals surface area contributed by atoms with Crippen molar-refractivity contribution in [1.29, 1.82) is 0 Å². The molecule has 6 heteroatoms. The molecule has 1 atom stereocenters. The van der Waals surface area contributed by atoms with Crippen molar-refractivity contribution in [2.75, 3.05) is 0 Å². The van der Waals surface area contributed by atoms with E-state index in [1.54, 1.807) is 10.8 Å². The van der Waals surface area contributed by atoms with Gasteiger partial charge in [-0.3, -0.25) is 9.36 Å². The topological polar surface area (TPSA) is 79.8 Å². The monoisotopic (exact) mass is 364 g/mol. The Hall–Kier alpha value is -2.89. The maximum Gasteiger partial charge on any atom is 0.327 e. The number of fused-ring (bicyclic) bond motifs is 1. The zero-order valence-corrected chi connectivity index (χ0v) is 15.9. The van der Waals surface area contributed by atoms with Gasteiger partial charge < -0.3 is 10.3 Å². The molecule has 1 amide bonds. The molecular formula is C21H24N4O2. The Balaban J connectivity index is 1.75. The first kappa shape index (κ1) is 17.5. The van der Waals surface area contributed by atoms with E-state index in [4.69, 9.17) is 0 Å². The van der Waals surface area contributed by atoms with Crippen LogP contribution in [0.5, 0.6) is 0 Å².